The van der Waals surface area contributed by atoms with Gasteiger partial charge in [0.25, 0.3) is 5.91 Å². The lowest BCUT2D eigenvalue weighted by Crippen LogP contribution is -2.59. The summed E-state index contributed by atoms with van der Waals surface area (Å²) in [5, 5.41) is 10.6. The van der Waals surface area contributed by atoms with Gasteiger partial charge in [0.2, 0.25) is 5.91 Å². The molecule has 1 aromatic carbocycles. The number of hydrogen-bond donors (Lipinski definition) is 1. The van der Waals surface area contributed by atoms with Crippen LogP contribution >= 0.6 is 0 Å². The molecule has 2 bridgehead atoms. The van der Waals surface area contributed by atoms with Crippen molar-refractivity contribution in [3.05, 3.63) is 49.6 Å². The van der Waals surface area contributed by atoms with E-state index in [1.165, 1.54) is 0 Å². The van der Waals surface area contributed by atoms with E-state index in [4.69, 9.17) is 9.47 Å². The van der Waals surface area contributed by atoms with Gasteiger partial charge in [-0.2, -0.15) is 0 Å². The van der Waals surface area contributed by atoms with Crippen molar-refractivity contribution in [1.82, 2.24) is 4.90 Å². The third kappa shape index (κ3) is 6.43. The van der Waals surface area contributed by atoms with Gasteiger partial charge in [0.05, 0.1) is 30.8 Å². The highest BCUT2D eigenvalue weighted by molar-refractivity contribution is 6.05. The number of unbranched alkanes of at least 4 members (excludes halogenated alkanes) is 2. The number of likely N-dealkylation sites (tertiary alicyclic amines) is 1. The van der Waals surface area contributed by atoms with Crippen molar-refractivity contribution in [3.63, 3.8) is 0 Å². The largest absolute Gasteiger partial charge is 0.465 e. The van der Waals surface area contributed by atoms with Gasteiger partial charge in [-0.05, 0) is 89.5 Å². The van der Waals surface area contributed by atoms with Crippen LogP contribution in [0.1, 0.15) is 73.1 Å². The predicted octanol–water partition coefficient (Wildman–Crippen LogP) is 5.12. The van der Waals surface area contributed by atoms with Crippen LogP contribution < -0.4 is 9.80 Å². The second kappa shape index (κ2) is 14.5. The summed E-state index contributed by atoms with van der Waals surface area (Å²) in [7, 11) is 0. The second-order valence-corrected chi connectivity index (χ2v) is 13.3. The summed E-state index contributed by atoms with van der Waals surface area (Å²) < 4.78 is 12.5. The molecule has 6 atom stereocenters. The lowest BCUT2D eigenvalue weighted by atomic mass is 9.66. The van der Waals surface area contributed by atoms with Crippen molar-refractivity contribution in [2.75, 3.05) is 42.6 Å². The number of benzene rings is 1. The standard InChI is InChI=1S/C36H53N3O6/c1-8-12-13-14-22-44-34(43)30-29-32(41)39(28(24-40)23-25(5)6)31(36(29)20-19-35(30,7)45-36)33(42)38(21-9-2)27-17-15-26(16-18-27)37(10-3)11-4/h8-9,15-18,25,28-31,40H,1-2,10-14,19-24H2,3-7H3/t28-,29+,30-,31?,35+,36?/m1/s1. The SMILES string of the molecule is C=CCCCCOC(=O)[C@H]1[C@H]2C(=O)N([C@@H](CO)CC(C)C)C(C(=O)N(CC=C)c3ccc(N(CC)CC)cc3)C23CC[C@]1(C)O3. The predicted molar refractivity (Wildman–Crippen MR) is 177 cm³/mol. The Labute approximate surface area is 269 Å². The summed E-state index contributed by atoms with van der Waals surface area (Å²) in [5.41, 5.74) is -0.396. The number of aliphatic hydroxyl groups excluding tert-OH is 1. The van der Waals surface area contributed by atoms with Crippen LogP contribution in [0.4, 0.5) is 11.4 Å². The van der Waals surface area contributed by atoms with Crippen molar-refractivity contribution in [3.8, 4) is 0 Å². The Kier molecular flexibility index (Phi) is 11.2. The quantitative estimate of drug-likeness (QED) is 0.146. The molecular weight excluding hydrogens is 570 g/mol. The molecular formula is C36H53N3O6. The number of nitrogens with zero attached hydrogens (tertiary/aromatic N) is 3. The fraction of sp³-hybridized carbons (Fsp3) is 0.639. The summed E-state index contributed by atoms with van der Waals surface area (Å²) in [6, 6.07) is 6.22. The Bertz CT molecular complexity index is 1230. The van der Waals surface area contributed by atoms with Crippen LogP contribution in [0.25, 0.3) is 0 Å². The molecule has 2 unspecified atom stereocenters. The summed E-state index contributed by atoms with van der Waals surface area (Å²) >= 11 is 0. The van der Waals surface area contributed by atoms with Gasteiger partial charge < -0.3 is 29.3 Å². The maximum atomic E-state index is 14.9. The van der Waals surface area contributed by atoms with E-state index in [-0.39, 0.29) is 37.5 Å². The second-order valence-electron chi connectivity index (χ2n) is 13.3. The number of esters is 1. The molecule has 3 heterocycles. The van der Waals surface area contributed by atoms with Crippen molar-refractivity contribution < 1.29 is 29.0 Å². The number of rotatable bonds is 17. The number of allylic oxidation sites excluding steroid dienone is 1. The lowest BCUT2D eigenvalue weighted by Gasteiger charge is -2.40. The van der Waals surface area contributed by atoms with Crippen molar-refractivity contribution in [2.24, 2.45) is 17.8 Å². The first-order valence-corrected chi connectivity index (χ1v) is 16.7. The third-order valence-electron chi connectivity index (χ3n) is 9.96. The Morgan fingerprint density at radius 2 is 1.78 bits per heavy atom. The van der Waals surface area contributed by atoms with E-state index in [2.05, 4.69) is 31.9 Å². The molecule has 1 spiro atoms. The highest BCUT2D eigenvalue weighted by Gasteiger charge is 2.79. The van der Waals surface area contributed by atoms with Crippen LogP contribution in [0.2, 0.25) is 0 Å². The number of ether oxygens (including phenoxy) is 2. The van der Waals surface area contributed by atoms with E-state index >= 15 is 0 Å². The molecule has 3 saturated heterocycles. The molecule has 0 radical (unpaired) electrons. The van der Waals surface area contributed by atoms with Crippen molar-refractivity contribution >= 4 is 29.2 Å². The third-order valence-corrected chi connectivity index (χ3v) is 9.96. The minimum absolute atomic E-state index is 0.159. The average Bonchev–Trinajstić information content (AvgIpc) is 3.59. The van der Waals surface area contributed by atoms with Gasteiger partial charge >= 0.3 is 5.97 Å². The first-order chi connectivity index (χ1) is 21.5. The Morgan fingerprint density at radius 3 is 2.36 bits per heavy atom. The maximum absolute atomic E-state index is 14.9. The van der Waals surface area contributed by atoms with Crippen LogP contribution in [0.5, 0.6) is 0 Å². The van der Waals surface area contributed by atoms with Gasteiger partial charge in [-0.15, -0.1) is 13.2 Å². The van der Waals surface area contributed by atoms with Gasteiger partial charge in [-0.1, -0.05) is 26.0 Å². The number of aliphatic hydroxyl groups is 1. The first kappa shape index (κ1) is 34.7. The molecule has 0 aromatic heterocycles. The number of anilines is 2. The summed E-state index contributed by atoms with van der Waals surface area (Å²) in [5.74, 6) is -2.62. The summed E-state index contributed by atoms with van der Waals surface area (Å²) in [6.45, 7) is 19.7. The topological polar surface area (TPSA) is 99.6 Å². The normalized spacial score (nSPS) is 27.4. The molecule has 0 saturated carbocycles. The van der Waals surface area contributed by atoms with Crippen LogP contribution in [0, 0.1) is 17.8 Å². The molecule has 9 heteroatoms. The zero-order valence-corrected chi connectivity index (χ0v) is 27.9. The Morgan fingerprint density at radius 1 is 1.11 bits per heavy atom. The zero-order chi connectivity index (χ0) is 32.9. The van der Waals surface area contributed by atoms with E-state index in [1.807, 2.05) is 51.1 Å². The molecule has 1 aromatic rings. The minimum atomic E-state index is -1.21. The van der Waals surface area contributed by atoms with Crippen molar-refractivity contribution in [1.29, 1.82) is 0 Å². The van der Waals surface area contributed by atoms with Crippen LogP contribution in [0.3, 0.4) is 0 Å². The Balaban J connectivity index is 1.74. The molecule has 9 nitrogen and oxygen atoms in total. The fourth-order valence-electron chi connectivity index (χ4n) is 7.90. The maximum Gasteiger partial charge on any atom is 0.312 e. The van der Waals surface area contributed by atoms with E-state index in [0.29, 0.717) is 31.4 Å². The molecule has 0 aliphatic carbocycles. The highest BCUT2D eigenvalue weighted by atomic mass is 16.6. The molecule has 4 rings (SSSR count). The van der Waals surface area contributed by atoms with Gasteiger partial charge in [0.1, 0.15) is 17.6 Å². The molecule has 1 N–H and O–H groups in total. The van der Waals surface area contributed by atoms with Crippen molar-refractivity contribution in [2.45, 2.75) is 96.4 Å². The fourth-order valence-corrected chi connectivity index (χ4v) is 7.90. The van der Waals surface area contributed by atoms with Gasteiger partial charge in [-0.25, -0.2) is 0 Å². The molecule has 248 valence electrons. The molecule has 3 aliphatic heterocycles. The summed E-state index contributed by atoms with van der Waals surface area (Å²) in [4.78, 5) is 48.6. The van der Waals surface area contributed by atoms with E-state index < -0.39 is 41.1 Å². The van der Waals surface area contributed by atoms with E-state index in [1.54, 1.807) is 15.9 Å². The molecule has 45 heavy (non-hydrogen) atoms. The number of fused-ring (bicyclic) bond motifs is 1. The van der Waals surface area contributed by atoms with Crippen LogP contribution in [-0.4, -0.2) is 83.9 Å². The lowest BCUT2D eigenvalue weighted by molar-refractivity contribution is -0.160. The van der Waals surface area contributed by atoms with Gasteiger partial charge in [0, 0.05) is 31.0 Å². The van der Waals surface area contributed by atoms with Gasteiger partial charge in [-0.3, -0.25) is 14.4 Å². The average molecular weight is 624 g/mol. The smallest absolute Gasteiger partial charge is 0.312 e. The number of carbonyl (C=O) groups is 3. The Hall–Kier alpha value is -3.17. The monoisotopic (exact) mass is 623 g/mol. The van der Waals surface area contributed by atoms with E-state index in [0.717, 1.165) is 31.6 Å². The molecule has 2 amide bonds. The summed E-state index contributed by atoms with van der Waals surface area (Å²) in [6.07, 6.45) is 7.39. The molecule has 3 fully saturated rings. The minimum Gasteiger partial charge on any atom is -0.465 e. The van der Waals surface area contributed by atoms with Crippen LogP contribution in [-0.2, 0) is 23.9 Å². The van der Waals surface area contributed by atoms with E-state index in [9.17, 15) is 19.5 Å². The number of carbonyl (C=O) groups excluding carboxylic acids is 3. The van der Waals surface area contributed by atoms with Crippen LogP contribution in [0.15, 0.2) is 49.6 Å². The first-order valence-electron chi connectivity index (χ1n) is 16.7. The number of amides is 2. The molecule has 3 aliphatic rings. The highest BCUT2D eigenvalue weighted by Crippen LogP contribution is 2.64. The number of hydrogen-bond acceptors (Lipinski definition) is 7. The van der Waals surface area contributed by atoms with Gasteiger partial charge in [0.15, 0.2) is 0 Å². The zero-order valence-electron chi connectivity index (χ0n) is 27.9.